The van der Waals surface area contributed by atoms with Crippen LogP contribution in [0.15, 0.2) is 24.3 Å². The number of rotatable bonds is 3. The van der Waals surface area contributed by atoms with Gasteiger partial charge in [-0.1, -0.05) is 12.1 Å². The molecule has 2 aromatic rings. The van der Waals surface area contributed by atoms with Crippen molar-refractivity contribution in [1.29, 1.82) is 0 Å². The fourth-order valence-electron chi connectivity index (χ4n) is 2.38. The lowest BCUT2D eigenvalue weighted by Crippen LogP contribution is -2.33. The highest BCUT2D eigenvalue weighted by molar-refractivity contribution is 5.77. The smallest absolute Gasteiger partial charge is 0.201 e. The summed E-state index contributed by atoms with van der Waals surface area (Å²) in [7, 11) is 0. The van der Waals surface area contributed by atoms with Gasteiger partial charge in [-0.3, -0.25) is 0 Å². The molecule has 90 valence electrons. The average Bonchev–Trinajstić information content (AvgIpc) is 2.80. The quantitative estimate of drug-likeness (QED) is 0.755. The van der Waals surface area contributed by atoms with Crippen LogP contribution in [0.5, 0.6) is 0 Å². The highest BCUT2D eigenvalue weighted by Crippen LogP contribution is 2.15. The van der Waals surface area contributed by atoms with Gasteiger partial charge in [-0.15, -0.1) is 0 Å². The molecule has 17 heavy (non-hydrogen) atoms. The molecule has 1 aliphatic rings. The normalized spacial score (nSPS) is 20.6. The van der Waals surface area contributed by atoms with E-state index in [9.17, 15) is 0 Å². The number of imidazole rings is 1. The number of nitrogens with one attached hydrogen (secondary N) is 3. The first-order valence-electron chi connectivity index (χ1n) is 6.31. The number of anilines is 1. The van der Waals surface area contributed by atoms with Gasteiger partial charge in [-0.25, -0.2) is 4.98 Å². The molecule has 0 radical (unpaired) electrons. The zero-order chi connectivity index (χ0) is 11.5. The molecular weight excluding hydrogens is 212 g/mol. The van der Waals surface area contributed by atoms with Gasteiger partial charge in [0.1, 0.15) is 0 Å². The second-order valence-corrected chi connectivity index (χ2v) is 4.70. The zero-order valence-electron chi connectivity index (χ0n) is 9.87. The van der Waals surface area contributed by atoms with Gasteiger partial charge < -0.3 is 15.6 Å². The number of aromatic amines is 1. The standard InChI is InChI=1S/C13H18N4/c1-2-6-12-11(5-1)16-13(17-12)15-9-10-4-3-7-14-8-10/h1-2,5-6,10,14H,3-4,7-9H2,(H2,15,16,17). The minimum Gasteiger partial charge on any atom is -0.355 e. The van der Waals surface area contributed by atoms with Gasteiger partial charge in [0.25, 0.3) is 0 Å². The third-order valence-electron chi connectivity index (χ3n) is 3.35. The Bertz CT molecular complexity index is 452. The molecule has 2 heterocycles. The van der Waals surface area contributed by atoms with Gasteiger partial charge in [0, 0.05) is 6.54 Å². The molecule has 0 bridgehead atoms. The lowest BCUT2D eigenvalue weighted by Gasteiger charge is -2.22. The van der Waals surface area contributed by atoms with E-state index in [1.807, 2.05) is 18.2 Å². The molecule has 3 N–H and O–H groups in total. The average molecular weight is 230 g/mol. The Kier molecular flexibility index (Phi) is 2.96. The van der Waals surface area contributed by atoms with E-state index in [0.29, 0.717) is 0 Å². The van der Waals surface area contributed by atoms with E-state index in [2.05, 4.69) is 26.7 Å². The zero-order valence-corrected chi connectivity index (χ0v) is 9.87. The topological polar surface area (TPSA) is 52.7 Å². The van der Waals surface area contributed by atoms with Crippen LogP contribution >= 0.6 is 0 Å². The van der Waals surface area contributed by atoms with Crippen molar-refractivity contribution in [3.63, 3.8) is 0 Å². The van der Waals surface area contributed by atoms with Gasteiger partial charge in [0.05, 0.1) is 11.0 Å². The second-order valence-electron chi connectivity index (χ2n) is 4.70. The Hall–Kier alpha value is -1.55. The van der Waals surface area contributed by atoms with Crippen molar-refractivity contribution in [2.24, 2.45) is 5.92 Å². The SMILES string of the molecule is c1ccc2[nH]c(NCC3CCCNC3)nc2c1. The fourth-order valence-corrected chi connectivity index (χ4v) is 2.38. The molecule has 1 aromatic carbocycles. The summed E-state index contributed by atoms with van der Waals surface area (Å²) in [6, 6.07) is 8.11. The predicted molar refractivity (Wildman–Crippen MR) is 70.2 cm³/mol. The Morgan fingerprint density at radius 2 is 2.29 bits per heavy atom. The highest BCUT2D eigenvalue weighted by atomic mass is 15.1. The molecule has 0 spiro atoms. The van der Waals surface area contributed by atoms with Crippen LogP contribution in [0.25, 0.3) is 11.0 Å². The number of piperidine rings is 1. The minimum atomic E-state index is 0.719. The Morgan fingerprint density at radius 1 is 1.35 bits per heavy atom. The summed E-state index contributed by atoms with van der Waals surface area (Å²) in [5, 5.41) is 6.82. The monoisotopic (exact) mass is 230 g/mol. The van der Waals surface area contributed by atoms with E-state index < -0.39 is 0 Å². The van der Waals surface area contributed by atoms with Crippen LogP contribution in [0.2, 0.25) is 0 Å². The number of para-hydroxylation sites is 2. The van der Waals surface area contributed by atoms with E-state index in [0.717, 1.165) is 36.0 Å². The molecule has 1 atom stereocenters. The Morgan fingerprint density at radius 3 is 3.12 bits per heavy atom. The first-order chi connectivity index (χ1) is 8.42. The summed E-state index contributed by atoms with van der Waals surface area (Å²) in [6.07, 6.45) is 2.59. The van der Waals surface area contributed by atoms with Gasteiger partial charge in [-0.05, 0) is 44.0 Å². The summed E-state index contributed by atoms with van der Waals surface area (Å²) in [6.45, 7) is 3.28. The van der Waals surface area contributed by atoms with Gasteiger partial charge in [0.2, 0.25) is 5.95 Å². The molecule has 0 saturated carbocycles. The number of hydrogen-bond donors (Lipinski definition) is 3. The highest BCUT2D eigenvalue weighted by Gasteiger charge is 2.12. The van der Waals surface area contributed by atoms with Gasteiger partial charge in [-0.2, -0.15) is 0 Å². The second kappa shape index (κ2) is 4.75. The number of hydrogen-bond acceptors (Lipinski definition) is 3. The first kappa shape index (κ1) is 10.6. The lowest BCUT2D eigenvalue weighted by molar-refractivity contribution is 0.392. The number of fused-ring (bicyclic) bond motifs is 1. The molecule has 4 heteroatoms. The lowest BCUT2D eigenvalue weighted by atomic mass is 10.00. The van der Waals surface area contributed by atoms with E-state index in [1.54, 1.807) is 0 Å². The summed E-state index contributed by atoms with van der Waals surface area (Å²) in [5.74, 6) is 1.61. The van der Waals surface area contributed by atoms with E-state index in [1.165, 1.54) is 19.4 Å². The third-order valence-corrected chi connectivity index (χ3v) is 3.35. The maximum atomic E-state index is 4.51. The number of benzene rings is 1. The molecule has 1 fully saturated rings. The van der Waals surface area contributed by atoms with Crippen molar-refractivity contribution in [2.45, 2.75) is 12.8 Å². The van der Waals surface area contributed by atoms with Crippen LogP contribution in [0.4, 0.5) is 5.95 Å². The fraction of sp³-hybridized carbons (Fsp3) is 0.462. The van der Waals surface area contributed by atoms with E-state index in [4.69, 9.17) is 0 Å². The van der Waals surface area contributed by atoms with Crippen LogP contribution in [0, 0.1) is 5.92 Å². The number of nitrogens with zero attached hydrogens (tertiary/aromatic N) is 1. The van der Waals surface area contributed by atoms with Crippen molar-refractivity contribution in [3.05, 3.63) is 24.3 Å². The summed E-state index contributed by atoms with van der Waals surface area (Å²) in [5.41, 5.74) is 2.12. The number of aromatic nitrogens is 2. The molecule has 4 nitrogen and oxygen atoms in total. The molecule has 0 amide bonds. The van der Waals surface area contributed by atoms with Crippen LogP contribution in [0.1, 0.15) is 12.8 Å². The van der Waals surface area contributed by atoms with Crippen molar-refractivity contribution in [3.8, 4) is 0 Å². The molecule has 1 unspecified atom stereocenters. The molecule has 1 saturated heterocycles. The Balaban J connectivity index is 1.64. The maximum Gasteiger partial charge on any atom is 0.201 e. The largest absolute Gasteiger partial charge is 0.355 e. The minimum absolute atomic E-state index is 0.719. The van der Waals surface area contributed by atoms with E-state index >= 15 is 0 Å². The molecule has 1 aliphatic heterocycles. The maximum absolute atomic E-state index is 4.51. The van der Waals surface area contributed by atoms with Gasteiger partial charge >= 0.3 is 0 Å². The first-order valence-corrected chi connectivity index (χ1v) is 6.31. The molecule has 0 aliphatic carbocycles. The Labute approximate surface area is 101 Å². The summed E-state index contributed by atoms with van der Waals surface area (Å²) >= 11 is 0. The van der Waals surface area contributed by atoms with Crippen LogP contribution in [-0.2, 0) is 0 Å². The molecular formula is C13H18N4. The van der Waals surface area contributed by atoms with Crippen molar-refractivity contribution < 1.29 is 0 Å². The molecule has 1 aromatic heterocycles. The predicted octanol–water partition coefficient (Wildman–Crippen LogP) is 1.97. The molecule has 3 rings (SSSR count). The van der Waals surface area contributed by atoms with Crippen molar-refractivity contribution in [1.82, 2.24) is 15.3 Å². The van der Waals surface area contributed by atoms with Crippen molar-refractivity contribution in [2.75, 3.05) is 25.0 Å². The van der Waals surface area contributed by atoms with Gasteiger partial charge in [0.15, 0.2) is 0 Å². The van der Waals surface area contributed by atoms with E-state index in [-0.39, 0.29) is 0 Å². The summed E-state index contributed by atoms with van der Waals surface area (Å²) < 4.78 is 0. The van der Waals surface area contributed by atoms with Crippen LogP contribution < -0.4 is 10.6 Å². The third kappa shape index (κ3) is 2.42. The van der Waals surface area contributed by atoms with Crippen LogP contribution in [0.3, 0.4) is 0 Å². The van der Waals surface area contributed by atoms with Crippen molar-refractivity contribution >= 4 is 17.0 Å². The summed E-state index contributed by atoms with van der Waals surface area (Å²) in [4.78, 5) is 7.80. The number of H-pyrrole nitrogens is 1. The van der Waals surface area contributed by atoms with Crippen LogP contribution in [-0.4, -0.2) is 29.6 Å².